The maximum absolute atomic E-state index is 12.4. The van der Waals surface area contributed by atoms with Crippen LogP contribution in [0.5, 0.6) is 0 Å². The summed E-state index contributed by atoms with van der Waals surface area (Å²) in [5.74, 6) is 1.52. The molecule has 2 N–H and O–H groups in total. The fourth-order valence-corrected chi connectivity index (χ4v) is 3.20. The van der Waals surface area contributed by atoms with Gasteiger partial charge in [0.1, 0.15) is 6.33 Å². The number of aryl methyl sites for hydroxylation is 1. The Morgan fingerprint density at radius 1 is 1.33 bits per heavy atom. The Kier molecular flexibility index (Phi) is 5.59. The van der Waals surface area contributed by atoms with Gasteiger partial charge in [-0.15, -0.1) is 10.2 Å². The van der Waals surface area contributed by atoms with Gasteiger partial charge >= 0.3 is 0 Å². The standard InChI is InChI=1S/C18H25N5O/c1-2-23-13-20-22-18(23)15-5-3-4-6-16(15)21-17(24)8-7-14-9-11-19-12-10-14/h3-6,13-14,19H,2,7-12H2,1H3,(H,21,24). The molecule has 0 spiro atoms. The van der Waals surface area contributed by atoms with Gasteiger partial charge < -0.3 is 15.2 Å². The van der Waals surface area contributed by atoms with Gasteiger partial charge in [0.25, 0.3) is 0 Å². The lowest BCUT2D eigenvalue weighted by Gasteiger charge is -2.22. The maximum atomic E-state index is 12.4. The highest BCUT2D eigenvalue weighted by Crippen LogP contribution is 2.26. The number of nitrogens with zero attached hydrogens (tertiary/aromatic N) is 3. The normalized spacial score (nSPS) is 15.4. The van der Waals surface area contributed by atoms with E-state index in [-0.39, 0.29) is 5.91 Å². The van der Waals surface area contributed by atoms with E-state index in [1.54, 1.807) is 6.33 Å². The molecule has 6 nitrogen and oxygen atoms in total. The highest BCUT2D eigenvalue weighted by Gasteiger charge is 2.16. The van der Waals surface area contributed by atoms with E-state index in [9.17, 15) is 4.79 Å². The predicted molar refractivity (Wildman–Crippen MR) is 94.6 cm³/mol. The van der Waals surface area contributed by atoms with Gasteiger partial charge in [-0.3, -0.25) is 4.79 Å². The van der Waals surface area contributed by atoms with E-state index in [0.717, 1.165) is 43.1 Å². The first-order valence-corrected chi connectivity index (χ1v) is 8.75. The molecule has 1 fully saturated rings. The molecule has 1 amide bonds. The van der Waals surface area contributed by atoms with Gasteiger partial charge in [-0.1, -0.05) is 12.1 Å². The second-order valence-electron chi connectivity index (χ2n) is 6.27. The fraction of sp³-hybridized carbons (Fsp3) is 0.500. The molecule has 1 aliphatic rings. The Bertz CT molecular complexity index is 676. The largest absolute Gasteiger partial charge is 0.325 e. The van der Waals surface area contributed by atoms with Crippen LogP contribution >= 0.6 is 0 Å². The molecular weight excluding hydrogens is 302 g/mol. The SMILES string of the molecule is CCn1cnnc1-c1ccccc1NC(=O)CCC1CCNCC1. The van der Waals surface area contributed by atoms with E-state index in [0.29, 0.717) is 12.3 Å². The molecule has 1 aromatic carbocycles. The van der Waals surface area contributed by atoms with Crippen molar-refractivity contribution in [1.29, 1.82) is 0 Å². The first-order valence-electron chi connectivity index (χ1n) is 8.75. The zero-order valence-corrected chi connectivity index (χ0v) is 14.2. The summed E-state index contributed by atoms with van der Waals surface area (Å²) in [6.07, 6.45) is 5.58. The summed E-state index contributed by atoms with van der Waals surface area (Å²) >= 11 is 0. The van der Waals surface area contributed by atoms with Gasteiger partial charge in [0.15, 0.2) is 5.82 Å². The second kappa shape index (κ2) is 8.06. The molecule has 128 valence electrons. The molecule has 0 atom stereocenters. The Morgan fingerprint density at radius 3 is 2.92 bits per heavy atom. The summed E-state index contributed by atoms with van der Waals surface area (Å²) in [6, 6.07) is 7.78. The zero-order valence-electron chi connectivity index (χ0n) is 14.2. The summed E-state index contributed by atoms with van der Waals surface area (Å²) in [6.45, 7) is 4.98. The van der Waals surface area contributed by atoms with Crippen LogP contribution in [0.1, 0.15) is 32.6 Å². The molecular formula is C18H25N5O. The van der Waals surface area contributed by atoms with Crippen molar-refractivity contribution in [1.82, 2.24) is 20.1 Å². The van der Waals surface area contributed by atoms with E-state index in [1.807, 2.05) is 35.8 Å². The Hall–Kier alpha value is -2.21. The van der Waals surface area contributed by atoms with Crippen molar-refractivity contribution >= 4 is 11.6 Å². The molecule has 0 unspecified atom stereocenters. The minimum absolute atomic E-state index is 0.0727. The Labute approximate surface area is 142 Å². The third kappa shape index (κ3) is 4.00. The molecule has 1 aliphatic heterocycles. The number of rotatable bonds is 6. The van der Waals surface area contributed by atoms with Gasteiger partial charge in [-0.25, -0.2) is 0 Å². The molecule has 0 aliphatic carbocycles. The van der Waals surface area contributed by atoms with Crippen LogP contribution in [-0.2, 0) is 11.3 Å². The lowest BCUT2D eigenvalue weighted by atomic mass is 9.93. The van der Waals surface area contributed by atoms with E-state index in [2.05, 4.69) is 20.8 Å². The van der Waals surface area contributed by atoms with Crippen LogP contribution in [0.15, 0.2) is 30.6 Å². The number of hydrogen-bond acceptors (Lipinski definition) is 4. The van der Waals surface area contributed by atoms with Crippen LogP contribution in [-0.4, -0.2) is 33.8 Å². The zero-order chi connectivity index (χ0) is 16.8. The lowest BCUT2D eigenvalue weighted by Crippen LogP contribution is -2.28. The average molecular weight is 327 g/mol. The highest BCUT2D eigenvalue weighted by atomic mass is 16.1. The van der Waals surface area contributed by atoms with E-state index < -0.39 is 0 Å². The molecule has 0 radical (unpaired) electrons. The van der Waals surface area contributed by atoms with Crippen LogP contribution in [0.25, 0.3) is 11.4 Å². The average Bonchev–Trinajstić information content (AvgIpc) is 3.10. The monoisotopic (exact) mass is 327 g/mol. The Balaban J connectivity index is 1.65. The van der Waals surface area contributed by atoms with Gasteiger partial charge in [-0.2, -0.15) is 0 Å². The molecule has 3 rings (SSSR count). The summed E-state index contributed by atoms with van der Waals surface area (Å²) in [4.78, 5) is 12.4. The van der Waals surface area contributed by atoms with Gasteiger partial charge in [-0.05, 0) is 57.3 Å². The smallest absolute Gasteiger partial charge is 0.224 e. The number of carbonyl (C=O) groups excluding carboxylic acids is 1. The third-order valence-electron chi connectivity index (χ3n) is 4.64. The second-order valence-corrected chi connectivity index (χ2v) is 6.27. The minimum Gasteiger partial charge on any atom is -0.325 e. The number of hydrogen-bond donors (Lipinski definition) is 2. The fourth-order valence-electron chi connectivity index (χ4n) is 3.20. The van der Waals surface area contributed by atoms with Gasteiger partial charge in [0, 0.05) is 18.5 Å². The van der Waals surface area contributed by atoms with Crippen LogP contribution in [0.4, 0.5) is 5.69 Å². The summed E-state index contributed by atoms with van der Waals surface area (Å²) in [5, 5.41) is 14.6. The number of nitrogens with one attached hydrogen (secondary N) is 2. The van der Waals surface area contributed by atoms with Crippen molar-refractivity contribution in [3.8, 4) is 11.4 Å². The number of piperidine rings is 1. The number of aromatic nitrogens is 3. The van der Waals surface area contributed by atoms with Crippen molar-refractivity contribution in [2.75, 3.05) is 18.4 Å². The molecule has 2 heterocycles. The molecule has 0 bridgehead atoms. The molecule has 6 heteroatoms. The van der Waals surface area contributed by atoms with Crippen molar-refractivity contribution < 1.29 is 4.79 Å². The Morgan fingerprint density at radius 2 is 2.12 bits per heavy atom. The first kappa shape index (κ1) is 16.6. The van der Waals surface area contributed by atoms with Crippen LogP contribution in [0, 0.1) is 5.92 Å². The number of anilines is 1. The summed E-state index contributed by atoms with van der Waals surface area (Å²) < 4.78 is 1.97. The molecule has 1 aromatic heterocycles. The number of para-hydroxylation sites is 1. The maximum Gasteiger partial charge on any atom is 0.224 e. The third-order valence-corrected chi connectivity index (χ3v) is 4.64. The van der Waals surface area contributed by atoms with Crippen molar-refractivity contribution in [2.45, 2.75) is 39.2 Å². The van der Waals surface area contributed by atoms with Gasteiger partial charge in [0.2, 0.25) is 5.91 Å². The van der Waals surface area contributed by atoms with Crippen LogP contribution in [0.2, 0.25) is 0 Å². The van der Waals surface area contributed by atoms with Crippen molar-refractivity contribution in [3.63, 3.8) is 0 Å². The summed E-state index contributed by atoms with van der Waals surface area (Å²) in [7, 11) is 0. The molecule has 1 saturated heterocycles. The van der Waals surface area contributed by atoms with Crippen molar-refractivity contribution in [2.24, 2.45) is 5.92 Å². The van der Waals surface area contributed by atoms with E-state index in [1.165, 1.54) is 12.8 Å². The van der Waals surface area contributed by atoms with E-state index in [4.69, 9.17) is 0 Å². The highest BCUT2D eigenvalue weighted by molar-refractivity contribution is 5.94. The predicted octanol–water partition coefficient (Wildman–Crippen LogP) is 2.68. The van der Waals surface area contributed by atoms with Crippen LogP contribution in [0.3, 0.4) is 0 Å². The van der Waals surface area contributed by atoms with Gasteiger partial charge in [0.05, 0.1) is 5.69 Å². The molecule has 2 aromatic rings. The number of carbonyl (C=O) groups is 1. The van der Waals surface area contributed by atoms with Crippen molar-refractivity contribution in [3.05, 3.63) is 30.6 Å². The molecule has 0 saturated carbocycles. The topological polar surface area (TPSA) is 71.8 Å². The first-order chi connectivity index (χ1) is 11.8. The minimum atomic E-state index is 0.0727. The number of benzene rings is 1. The summed E-state index contributed by atoms with van der Waals surface area (Å²) in [5.41, 5.74) is 1.71. The number of amides is 1. The molecule has 24 heavy (non-hydrogen) atoms. The quantitative estimate of drug-likeness (QED) is 0.856. The van der Waals surface area contributed by atoms with E-state index >= 15 is 0 Å². The van der Waals surface area contributed by atoms with Crippen LogP contribution < -0.4 is 10.6 Å². The lowest BCUT2D eigenvalue weighted by molar-refractivity contribution is -0.116.